The minimum atomic E-state index is -0.392. The van der Waals surface area contributed by atoms with Crippen molar-refractivity contribution in [3.05, 3.63) is 71.3 Å². The van der Waals surface area contributed by atoms with Crippen LogP contribution in [0.2, 0.25) is 0 Å². The summed E-state index contributed by atoms with van der Waals surface area (Å²) in [6, 6.07) is 19.0. The van der Waals surface area contributed by atoms with E-state index in [2.05, 4.69) is 36.1 Å². The summed E-state index contributed by atoms with van der Waals surface area (Å²) in [6.45, 7) is 3.86. The maximum atomic E-state index is 10.2. The van der Waals surface area contributed by atoms with Gasteiger partial charge in [-0.3, -0.25) is 4.90 Å². The number of aliphatic hydroxyl groups excluding tert-OH is 1. The quantitative estimate of drug-likeness (QED) is 0.846. The van der Waals surface area contributed by atoms with E-state index >= 15 is 0 Å². The zero-order valence-electron chi connectivity index (χ0n) is 11.2. The highest BCUT2D eigenvalue weighted by Crippen LogP contribution is 2.36. The molecule has 98 valence electrons. The third kappa shape index (κ3) is 2.86. The number of hydrogen-bond donors (Lipinski definition) is 1. The van der Waals surface area contributed by atoms with Gasteiger partial charge in [0, 0.05) is 19.1 Å². The maximum absolute atomic E-state index is 10.2. The second-order valence-electron chi connectivity index (χ2n) is 5.31. The smallest absolute Gasteiger partial charge is 0.0917 e. The summed E-state index contributed by atoms with van der Waals surface area (Å²) in [4.78, 5) is 2.31. The molecule has 2 aromatic rings. The van der Waals surface area contributed by atoms with Crippen molar-refractivity contribution in [1.29, 1.82) is 0 Å². The highest BCUT2D eigenvalue weighted by Gasteiger charge is 2.36. The third-order valence-electron chi connectivity index (χ3n) is 3.77. The first-order valence-corrected chi connectivity index (χ1v) is 6.77. The second kappa shape index (κ2) is 5.16. The van der Waals surface area contributed by atoms with Gasteiger partial charge in [0.1, 0.15) is 0 Å². The molecule has 1 aliphatic heterocycles. The Hall–Kier alpha value is -1.64. The fourth-order valence-electron chi connectivity index (χ4n) is 2.48. The Bertz CT molecular complexity index is 535. The zero-order valence-corrected chi connectivity index (χ0v) is 11.2. The van der Waals surface area contributed by atoms with Gasteiger partial charge in [-0.05, 0) is 18.1 Å². The van der Waals surface area contributed by atoms with Crippen molar-refractivity contribution >= 4 is 0 Å². The van der Waals surface area contributed by atoms with Crippen LogP contribution in [0.15, 0.2) is 54.6 Å². The molecule has 1 N–H and O–H groups in total. The summed E-state index contributed by atoms with van der Waals surface area (Å²) in [7, 11) is 0. The molecule has 1 saturated heterocycles. The molecule has 19 heavy (non-hydrogen) atoms. The zero-order chi connectivity index (χ0) is 13.2. The molecular weight excluding hydrogens is 234 g/mol. The van der Waals surface area contributed by atoms with Crippen molar-refractivity contribution in [2.75, 3.05) is 13.1 Å². The van der Waals surface area contributed by atoms with Crippen molar-refractivity contribution in [1.82, 2.24) is 4.90 Å². The number of β-amino-alcohol motifs (C(OH)–C–C–N with tert-alkyl or cyclic N) is 1. The largest absolute Gasteiger partial charge is 0.387 e. The van der Waals surface area contributed by atoms with E-state index in [-0.39, 0.29) is 0 Å². The average Bonchev–Trinajstić information content (AvgIpc) is 3.20. The van der Waals surface area contributed by atoms with Crippen LogP contribution in [0.5, 0.6) is 0 Å². The predicted molar refractivity (Wildman–Crippen MR) is 76.9 cm³/mol. The molecule has 2 unspecified atom stereocenters. The number of nitrogens with zero attached hydrogens (tertiary/aromatic N) is 1. The highest BCUT2D eigenvalue weighted by molar-refractivity contribution is 5.28. The molecule has 0 bridgehead atoms. The molecule has 3 atom stereocenters. The highest BCUT2D eigenvalue weighted by atomic mass is 16.3. The molecule has 3 rings (SSSR count). The Labute approximate surface area is 114 Å². The van der Waals surface area contributed by atoms with Crippen molar-refractivity contribution in [3.8, 4) is 0 Å². The molecule has 2 nitrogen and oxygen atoms in total. The van der Waals surface area contributed by atoms with Crippen LogP contribution < -0.4 is 0 Å². The first-order valence-electron chi connectivity index (χ1n) is 6.77. The van der Waals surface area contributed by atoms with Gasteiger partial charge >= 0.3 is 0 Å². The number of rotatable bonds is 4. The number of aryl methyl sites for hydroxylation is 1. The summed E-state index contributed by atoms with van der Waals surface area (Å²) >= 11 is 0. The van der Waals surface area contributed by atoms with Crippen LogP contribution in [-0.2, 0) is 0 Å². The van der Waals surface area contributed by atoms with Crippen LogP contribution >= 0.6 is 0 Å². The van der Waals surface area contributed by atoms with Gasteiger partial charge in [0.2, 0.25) is 0 Å². The lowest BCUT2D eigenvalue weighted by Gasteiger charge is -2.12. The number of aliphatic hydroxyl groups is 1. The Kier molecular flexibility index (Phi) is 3.36. The first kappa shape index (κ1) is 12.4. The molecule has 1 fully saturated rings. The molecule has 0 saturated carbocycles. The minimum Gasteiger partial charge on any atom is -0.387 e. The molecule has 0 aliphatic carbocycles. The van der Waals surface area contributed by atoms with Crippen LogP contribution in [0, 0.1) is 6.92 Å². The molecule has 0 aromatic heterocycles. The van der Waals surface area contributed by atoms with Crippen LogP contribution in [-0.4, -0.2) is 23.1 Å². The molecule has 2 aromatic carbocycles. The number of hydrogen-bond acceptors (Lipinski definition) is 2. The summed E-state index contributed by atoms with van der Waals surface area (Å²) in [6.07, 6.45) is -0.392. The van der Waals surface area contributed by atoms with E-state index in [0.717, 1.165) is 12.1 Å². The molecule has 0 spiro atoms. The van der Waals surface area contributed by atoms with Gasteiger partial charge in [-0.2, -0.15) is 0 Å². The van der Waals surface area contributed by atoms with E-state index in [1.807, 2.05) is 30.3 Å². The fourth-order valence-corrected chi connectivity index (χ4v) is 2.48. The SMILES string of the molecule is Cc1ccc(C2CN2C[C@@H](O)c2ccccc2)cc1. The van der Waals surface area contributed by atoms with Gasteiger partial charge in [0.15, 0.2) is 0 Å². The van der Waals surface area contributed by atoms with Gasteiger partial charge in [0.05, 0.1) is 6.10 Å². The van der Waals surface area contributed by atoms with Gasteiger partial charge in [0.25, 0.3) is 0 Å². The van der Waals surface area contributed by atoms with E-state index in [9.17, 15) is 5.11 Å². The van der Waals surface area contributed by atoms with Gasteiger partial charge in [-0.25, -0.2) is 0 Å². The van der Waals surface area contributed by atoms with E-state index in [4.69, 9.17) is 0 Å². The lowest BCUT2D eigenvalue weighted by atomic mass is 10.1. The van der Waals surface area contributed by atoms with Crippen LogP contribution in [0.3, 0.4) is 0 Å². The maximum Gasteiger partial charge on any atom is 0.0917 e. The molecule has 0 radical (unpaired) electrons. The minimum absolute atomic E-state index is 0.392. The lowest BCUT2D eigenvalue weighted by Crippen LogP contribution is -2.11. The Morgan fingerprint density at radius 3 is 2.47 bits per heavy atom. The van der Waals surface area contributed by atoms with Crippen molar-refractivity contribution in [3.63, 3.8) is 0 Å². The second-order valence-corrected chi connectivity index (χ2v) is 5.31. The topological polar surface area (TPSA) is 23.2 Å². The van der Waals surface area contributed by atoms with Crippen molar-refractivity contribution < 1.29 is 5.11 Å². The van der Waals surface area contributed by atoms with Gasteiger partial charge < -0.3 is 5.11 Å². The average molecular weight is 253 g/mol. The van der Waals surface area contributed by atoms with Crippen LogP contribution in [0.4, 0.5) is 0 Å². The fraction of sp³-hybridized carbons (Fsp3) is 0.294. The van der Waals surface area contributed by atoms with Crippen molar-refractivity contribution in [2.45, 2.75) is 19.1 Å². The molecule has 2 heteroatoms. The first-order chi connectivity index (χ1) is 9.24. The predicted octanol–water partition coefficient (Wildman–Crippen LogP) is 3.09. The molecule has 0 amide bonds. The molecular formula is C17H19NO. The Morgan fingerprint density at radius 2 is 1.79 bits per heavy atom. The Balaban J connectivity index is 1.60. The van der Waals surface area contributed by atoms with E-state index in [1.165, 1.54) is 11.1 Å². The van der Waals surface area contributed by atoms with E-state index in [1.54, 1.807) is 0 Å². The third-order valence-corrected chi connectivity index (χ3v) is 3.77. The summed E-state index contributed by atoms with van der Waals surface area (Å²) < 4.78 is 0. The lowest BCUT2D eigenvalue weighted by molar-refractivity contribution is 0.153. The molecule has 1 heterocycles. The summed E-state index contributed by atoms with van der Waals surface area (Å²) in [5.41, 5.74) is 3.64. The van der Waals surface area contributed by atoms with Gasteiger partial charge in [-0.15, -0.1) is 0 Å². The summed E-state index contributed by atoms with van der Waals surface area (Å²) in [5.74, 6) is 0. The normalized spacial score (nSPS) is 23.1. The Morgan fingerprint density at radius 1 is 1.11 bits per heavy atom. The molecule has 1 aliphatic rings. The summed E-state index contributed by atoms with van der Waals surface area (Å²) in [5, 5.41) is 10.2. The van der Waals surface area contributed by atoms with Crippen LogP contribution in [0.25, 0.3) is 0 Å². The monoisotopic (exact) mass is 253 g/mol. The van der Waals surface area contributed by atoms with E-state index in [0.29, 0.717) is 12.6 Å². The van der Waals surface area contributed by atoms with Crippen LogP contribution in [0.1, 0.15) is 28.8 Å². The van der Waals surface area contributed by atoms with E-state index < -0.39 is 6.10 Å². The standard InChI is InChI=1S/C17H19NO/c1-13-7-9-14(10-8-13)16-11-18(16)12-17(19)15-5-3-2-4-6-15/h2-10,16-17,19H,11-12H2,1H3/t16?,17-,18?/m1/s1. The van der Waals surface area contributed by atoms with Crippen molar-refractivity contribution in [2.24, 2.45) is 0 Å². The number of benzene rings is 2. The van der Waals surface area contributed by atoms with Gasteiger partial charge in [-0.1, -0.05) is 60.2 Å².